The van der Waals surface area contributed by atoms with Crippen LogP contribution in [0.4, 0.5) is 101 Å². The summed E-state index contributed by atoms with van der Waals surface area (Å²) in [5.74, 6) is 1.05. The number of anilines is 6. The van der Waals surface area contributed by atoms with Crippen LogP contribution in [0.15, 0.2) is 148 Å². The van der Waals surface area contributed by atoms with E-state index >= 15 is 0 Å². The Hall–Kier alpha value is -17.8. The van der Waals surface area contributed by atoms with Gasteiger partial charge in [-0.25, -0.2) is 74.8 Å². The molecular formula is C96H82F15N35O3. The Morgan fingerprint density at radius 3 is 1.00 bits per heavy atom. The normalized spacial score (nSPS) is 14.0. The van der Waals surface area contributed by atoms with Gasteiger partial charge >= 0.3 is 30.9 Å². The van der Waals surface area contributed by atoms with Crippen molar-refractivity contribution < 1.29 is 80.1 Å². The van der Waals surface area contributed by atoms with Crippen LogP contribution in [-0.4, -0.2) is 220 Å². The van der Waals surface area contributed by atoms with E-state index in [9.17, 15) is 97.0 Å². The Morgan fingerprint density at radius 1 is 0.389 bits per heavy atom. The highest BCUT2D eigenvalue weighted by molar-refractivity contribution is 5.99. The van der Waals surface area contributed by atoms with Crippen molar-refractivity contribution in [1.29, 1.82) is 31.6 Å². The lowest BCUT2D eigenvalue weighted by Gasteiger charge is -2.26. The largest absolute Gasteiger partial charge is 0.417 e. The molecule has 0 spiro atoms. The highest BCUT2D eigenvalue weighted by Crippen LogP contribution is 2.42. The van der Waals surface area contributed by atoms with Crippen LogP contribution in [0.5, 0.6) is 0 Å². The topological polar surface area (TPSA) is 541 Å². The van der Waals surface area contributed by atoms with E-state index in [0.29, 0.717) is 96.9 Å². The molecule has 53 heteroatoms. The van der Waals surface area contributed by atoms with Crippen LogP contribution in [-0.2, 0) is 51.7 Å². The Bertz CT molecular complexity index is 7580. The van der Waals surface area contributed by atoms with Crippen LogP contribution >= 0.6 is 0 Å². The fraction of sp³-hybridized carbons (Fsp3) is 0.292. The van der Waals surface area contributed by atoms with Crippen molar-refractivity contribution in [2.75, 3.05) is 130 Å². The highest BCUT2D eigenvalue weighted by Gasteiger charge is 2.38. The number of pyridine rings is 5. The van der Waals surface area contributed by atoms with Crippen LogP contribution in [0.3, 0.4) is 0 Å². The molecule has 18 heterocycles. The molecule has 15 aromatic heterocycles. The smallest absolute Gasteiger partial charge is 0.379 e. The average Bonchev–Trinajstić information content (AvgIpc) is 1.66. The second-order valence-electron chi connectivity index (χ2n) is 33.2. The van der Waals surface area contributed by atoms with E-state index in [2.05, 4.69) is 147 Å². The monoisotopic (exact) mass is 2060 g/mol. The maximum absolute atomic E-state index is 13.2. The number of carbonyl (C=O) groups excluding carboxylic acids is 1. The number of fused-ring (bicyclic) bond motifs is 5. The van der Waals surface area contributed by atoms with E-state index in [0.717, 1.165) is 145 Å². The maximum atomic E-state index is 13.2. The van der Waals surface area contributed by atoms with Gasteiger partial charge in [-0.05, 0) is 86.8 Å². The maximum Gasteiger partial charge on any atom is 0.417 e. The van der Waals surface area contributed by atoms with Gasteiger partial charge in [0.05, 0.1) is 148 Å². The Morgan fingerprint density at radius 2 is 0.698 bits per heavy atom. The third kappa shape index (κ3) is 26.7. The van der Waals surface area contributed by atoms with Gasteiger partial charge in [-0.3, -0.25) is 14.6 Å². The molecule has 1 aromatic carbocycles. The van der Waals surface area contributed by atoms with E-state index in [1.54, 1.807) is 12.1 Å². The summed E-state index contributed by atoms with van der Waals surface area (Å²) in [5, 5.41) is 77.9. The molecular weight excluding hydrogens is 1980 g/mol. The highest BCUT2D eigenvalue weighted by atomic mass is 19.4. The number of nitriles is 6. The second kappa shape index (κ2) is 46.9. The van der Waals surface area contributed by atoms with E-state index in [1.807, 2.05) is 48.5 Å². The van der Waals surface area contributed by atoms with Crippen molar-refractivity contribution in [3.8, 4) is 92.7 Å². The predicted octanol–water partition coefficient (Wildman–Crippen LogP) is 16.9. The van der Waals surface area contributed by atoms with Gasteiger partial charge in [-0.2, -0.15) is 97.4 Å². The molecule has 38 nitrogen and oxygen atoms in total. The lowest BCUT2D eigenvalue weighted by atomic mass is 10.0. The minimum absolute atomic E-state index is 0.0565. The molecule has 0 bridgehead atoms. The molecule has 1 amide bonds. The first kappa shape index (κ1) is 106. The number of hydrogen-bond donors (Lipinski definition) is 12. The third-order valence-electron chi connectivity index (χ3n) is 23.2. The number of aromatic amines is 5. The summed E-state index contributed by atoms with van der Waals surface area (Å²) >= 11 is 0. The fourth-order valence-corrected chi connectivity index (χ4v) is 15.8. The molecule has 19 rings (SSSR count). The van der Waals surface area contributed by atoms with Gasteiger partial charge in [0.2, 0.25) is 35.6 Å². The number of hydrogen-bond acceptors (Lipinski definition) is 32. The van der Waals surface area contributed by atoms with Gasteiger partial charge in [-0.15, -0.1) is 0 Å². The standard InChI is InChI=1S/C22H16F3N7O.C20H20F3N7O.C20H20F3N7.C19H18F3N7O.C15H8F3N7/c1-12(33)31-16-4-2-13(3-5-16)8-29-21-30-9-14(7-26)19(32-21)18-11-28-20-17(18)6-15(10-27-20)22(23,24)25;21-20(22,23)14-8-15-16(12-27-18(15)26-11-14)17-13(9-24)10-28-19(29-17)25-2-1-3-30-4-6-31-7-5-30;21-20(22,23)13-7-15-16(11-28-18(15)27-10-13)17-12(8-24)9-29-19(30-17)26-6-4-14-3-1-2-5-25-14;20-19(21,22)13-7-14-15(11-26-17(14)25-10-13)16-12(8-23)9-27-18(28-16)24-1-2-29-3-5-30-6-4-29;16-15(17,18)9-3-10-11(7-23-13(10)22-6-9)12-8(4-20)5-24-14(25-12)21-2-1-19/h2-6,9-11H,8H2,1H3,(H,27,28)(H,31,33)(H,29,30,32);8,10-12H,1-7H2,(H,26,27)(H,25,28,29);7,9-11,14,25H,1-6H2,(H,27,28)(H,26,29,30);7,9-11H,1-6H2,(H,25,26)(H,24,27,28);3,5-7H,2H2,(H,22,23)(H,21,24,25). The molecule has 0 radical (unpaired) electrons. The minimum atomic E-state index is -4.55. The van der Waals surface area contributed by atoms with Crippen LogP contribution in [0.2, 0.25) is 0 Å². The quantitative estimate of drug-likeness (QED) is 0.0152. The van der Waals surface area contributed by atoms with Crippen molar-refractivity contribution in [2.45, 2.75) is 82.5 Å². The van der Waals surface area contributed by atoms with E-state index in [4.69, 9.17) is 14.7 Å². The third-order valence-corrected chi connectivity index (χ3v) is 23.2. The number of ether oxygens (including phenoxy) is 2. The molecule has 149 heavy (non-hydrogen) atoms. The predicted molar refractivity (Wildman–Crippen MR) is 511 cm³/mol. The van der Waals surface area contributed by atoms with Crippen LogP contribution < -0.4 is 37.2 Å². The van der Waals surface area contributed by atoms with Gasteiger partial charge in [0.25, 0.3) is 0 Å². The molecule has 3 aliphatic rings. The van der Waals surface area contributed by atoms with Crippen LogP contribution in [0.1, 0.15) is 100 Å². The van der Waals surface area contributed by atoms with Crippen molar-refractivity contribution >= 4 is 96.5 Å². The first-order chi connectivity index (χ1) is 71.5. The lowest BCUT2D eigenvalue weighted by molar-refractivity contribution is -0.138. The molecule has 16 aromatic rings. The molecule has 3 saturated heterocycles. The molecule has 764 valence electrons. The number of aromatic nitrogens is 20. The van der Waals surface area contributed by atoms with Crippen molar-refractivity contribution in [1.82, 2.24) is 115 Å². The summed E-state index contributed by atoms with van der Waals surface area (Å²) in [4.78, 5) is 91.1. The van der Waals surface area contributed by atoms with E-state index < -0.39 is 58.7 Å². The number of morpholine rings is 2. The van der Waals surface area contributed by atoms with Crippen molar-refractivity contribution in [3.63, 3.8) is 0 Å². The Balaban J connectivity index is 0.000000140. The molecule has 0 saturated carbocycles. The summed E-state index contributed by atoms with van der Waals surface area (Å²) in [6.45, 7) is 12.7. The number of alkyl halides is 15. The molecule has 1 atom stereocenters. The van der Waals surface area contributed by atoms with Gasteiger partial charge < -0.3 is 71.6 Å². The van der Waals surface area contributed by atoms with Crippen LogP contribution in [0.25, 0.3) is 111 Å². The summed E-state index contributed by atoms with van der Waals surface area (Å²) in [6.07, 6.45) is 0.512. The number of rotatable bonds is 24. The van der Waals surface area contributed by atoms with Gasteiger partial charge in [0.15, 0.2) is 0 Å². The molecule has 1 unspecified atom stereocenters. The summed E-state index contributed by atoms with van der Waals surface area (Å²) in [7, 11) is 0. The number of benzene rings is 1. The average molecular weight is 2060 g/mol. The van der Waals surface area contributed by atoms with E-state index in [-0.39, 0.29) is 136 Å². The summed E-state index contributed by atoms with van der Waals surface area (Å²) in [5.41, 5.74) is 1.94. The SMILES string of the molecule is CC(=O)Nc1ccc(CNc2ncc(C#N)c(-c3c[nH]c4ncc(C(F)(F)F)cc34)n2)cc1.N#CCNc1ncc(C#N)c(-c2c[nH]c3ncc(C(F)(F)F)cc23)n1.N#Cc1cnc(NCCC2CCCCN2)nc1-c1c[nH]c2ncc(C(F)(F)F)cc12.N#Cc1cnc(NCCCN2CCOCC2)nc1-c1c[nH]c2ncc(C(F)(F)F)cc12.N#Cc1cnc(NCCN2CCOCC2)nc1-c1c[nH]c2ncc(C(F)(F)F)cc12. The van der Waals surface area contributed by atoms with Gasteiger partial charge in [0, 0.05) is 194 Å². The number of H-pyrrole nitrogens is 5. The number of carbonyl (C=O) groups is 1. The first-order valence-corrected chi connectivity index (χ1v) is 45.4. The second-order valence-corrected chi connectivity index (χ2v) is 33.2. The lowest BCUT2D eigenvalue weighted by Crippen LogP contribution is -2.39. The van der Waals surface area contributed by atoms with Crippen molar-refractivity contribution in [3.05, 3.63) is 209 Å². The molecule has 12 N–H and O–H groups in total. The van der Waals surface area contributed by atoms with Gasteiger partial charge in [-0.1, -0.05) is 18.6 Å². The molecule has 3 fully saturated rings. The fourth-order valence-electron chi connectivity index (χ4n) is 15.8. The number of nitrogens with zero attached hydrogens (tertiary/aromatic N) is 23. The summed E-state index contributed by atoms with van der Waals surface area (Å²) < 4.78 is 207. The van der Waals surface area contributed by atoms with Crippen molar-refractivity contribution in [2.24, 2.45) is 0 Å². The summed E-state index contributed by atoms with van der Waals surface area (Å²) in [6, 6.07) is 24.3. The Kier molecular flexibility index (Phi) is 33.2. The number of halogens is 15. The zero-order valence-electron chi connectivity index (χ0n) is 78.0. The zero-order chi connectivity index (χ0) is 106. The first-order valence-electron chi connectivity index (χ1n) is 45.4. The number of amides is 1. The van der Waals surface area contributed by atoms with Crippen LogP contribution in [0, 0.1) is 68.0 Å². The number of nitrogens with one attached hydrogen (secondary N) is 12. The molecule has 0 aliphatic carbocycles. The minimum Gasteiger partial charge on any atom is -0.379 e. The van der Waals surface area contributed by atoms with Gasteiger partial charge in [0.1, 0.15) is 65.1 Å². The molecule has 3 aliphatic heterocycles. The van der Waals surface area contributed by atoms with E-state index in [1.165, 1.54) is 81.7 Å². The zero-order valence-corrected chi connectivity index (χ0v) is 78.0. The Labute approximate surface area is 833 Å². The number of piperidine rings is 1.